The molecule has 0 fully saturated rings. The van der Waals surface area contributed by atoms with E-state index < -0.39 is 0 Å². The van der Waals surface area contributed by atoms with Gasteiger partial charge < -0.3 is 24.8 Å². The fourth-order valence-corrected chi connectivity index (χ4v) is 3.49. The Kier molecular flexibility index (Phi) is 14.7. The summed E-state index contributed by atoms with van der Waals surface area (Å²) in [6.07, 6.45) is 4.89. The van der Waals surface area contributed by atoms with Crippen LogP contribution in [0.5, 0.6) is 0 Å². The molecule has 0 amide bonds. The summed E-state index contributed by atoms with van der Waals surface area (Å²) in [6, 6.07) is 25.0. The standard InChI is InChI=1S/C13H9.C13H21.C3H6.2ClH.Zr/c1-3-7-12-10(5-1)9-11-6-2-4-8-13(11)12;1-5-6-7-11-8-9-12(10-11)13(2,3)4;1-3-2;;;/h1-5,7-8H,9H2;8-10H,5-7H2,1-4H3;1-2H3;2*1H;/q2*-1;;;;+2/p-2. The van der Waals surface area contributed by atoms with Gasteiger partial charge in [0, 0.05) is 0 Å². The number of benzene rings is 2. The summed E-state index contributed by atoms with van der Waals surface area (Å²) in [5.41, 5.74) is 8.80. The second kappa shape index (κ2) is 15.1. The van der Waals surface area contributed by atoms with E-state index in [9.17, 15) is 0 Å². The Morgan fingerprint density at radius 3 is 2.25 bits per heavy atom. The van der Waals surface area contributed by atoms with Crippen molar-refractivity contribution < 1.29 is 49.0 Å². The molecular weight excluding hydrogens is 510 g/mol. The predicted octanol–water partition coefficient (Wildman–Crippen LogP) is 1.86. The first-order valence-corrected chi connectivity index (χ1v) is 12.3. The Bertz CT molecular complexity index is 900. The smallest absolute Gasteiger partial charge is 0.0253 e. The second-order valence-electron chi connectivity index (χ2n) is 9.26. The third-order valence-electron chi connectivity index (χ3n) is 5.12. The fraction of sp³-hybridized carbons (Fsp3) is 0.379. The Balaban J connectivity index is 0.000000490. The van der Waals surface area contributed by atoms with Gasteiger partial charge in [0.15, 0.2) is 0 Å². The summed E-state index contributed by atoms with van der Waals surface area (Å²) in [7, 11) is 0. The quantitative estimate of drug-likeness (QED) is 0.344. The molecule has 1 aliphatic carbocycles. The Hall–Kier alpha value is -0.877. The zero-order valence-corrected chi connectivity index (χ0v) is 24.3. The molecule has 0 N–H and O–H groups in total. The SMILES string of the molecule is CCCCc1cc(C(C)(C)C)c[cH-]1.C[C](C)=[Zr+2].[Cl-].[Cl-].[c-]1cccc2c1Cc1ccccc1-2. The minimum absolute atomic E-state index is 0. The topological polar surface area (TPSA) is 0 Å². The zero-order chi connectivity index (χ0) is 22.1. The summed E-state index contributed by atoms with van der Waals surface area (Å²) in [6.45, 7) is 13.3. The van der Waals surface area contributed by atoms with Crippen LogP contribution in [0.25, 0.3) is 11.1 Å². The Morgan fingerprint density at radius 1 is 1.03 bits per heavy atom. The number of aryl methyl sites for hydroxylation is 1. The van der Waals surface area contributed by atoms with Crippen molar-refractivity contribution in [1.29, 1.82) is 0 Å². The van der Waals surface area contributed by atoms with Crippen LogP contribution in [0, 0.1) is 6.07 Å². The molecule has 0 heterocycles. The molecule has 0 atom stereocenters. The van der Waals surface area contributed by atoms with E-state index in [0.717, 1.165) is 6.42 Å². The van der Waals surface area contributed by atoms with Crippen LogP contribution >= 0.6 is 0 Å². The number of fused-ring (bicyclic) bond motifs is 3. The van der Waals surface area contributed by atoms with Crippen LogP contribution in [-0.2, 0) is 42.5 Å². The molecule has 0 bridgehead atoms. The maximum absolute atomic E-state index is 3.30. The van der Waals surface area contributed by atoms with E-state index in [0.29, 0.717) is 5.41 Å². The van der Waals surface area contributed by atoms with Gasteiger partial charge in [0.25, 0.3) is 0 Å². The molecule has 172 valence electrons. The van der Waals surface area contributed by atoms with Crippen molar-refractivity contribution in [3.05, 3.63) is 89.0 Å². The van der Waals surface area contributed by atoms with Gasteiger partial charge in [-0.25, -0.2) is 6.07 Å². The van der Waals surface area contributed by atoms with Crippen molar-refractivity contribution >= 4 is 3.21 Å². The minimum Gasteiger partial charge on any atom is -1.00 e. The van der Waals surface area contributed by atoms with Crippen molar-refractivity contribution in [1.82, 2.24) is 0 Å². The second-order valence-corrected chi connectivity index (χ2v) is 11.7. The van der Waals surface area contributed by atoms with Crippen LogP contribution < -0.4 is 24.8 Å². The molecule has 0 aromatic heterocycles. The van der Waals surface area contributed by atoms with Gasteiger partial charge in [-0.05, 0) is 6.42 Å². The van der Waals surface area contributed by atoms with Gasteiger partial charge in [-0.2, -0.15) is 53.1 Å². The maximum Gasteiger partial charge on any atom is -0.0253 e. The van der Waals surface area contributed by atoms with Crippen LogP contribution in [-0.4, -0.2) is 3.21 Å². The van der Waals surface area contributed by atoms with Gasteiger partial charge in [-0.3, -0.25) is 0 Å². The zero-order valence-electron chi connectivity index (χ0n) is 20.4. The van der Waals surface area contributed by atoms with E-state index in [-0.39, 0.29) is 24.8 Å². The normalized spacial score (nSPS) is 10.8. The van der Waals surface area contributed by atoms with E-state index in [1.807, 2.05) is 6.07 Å². The van der Waals surface area contributed by atoms with Crippen molar-refractivity contribution in [2.24, 2.45) is 0 Å². The van der Waals surface area contributed by atoms with Gasteiger partial charge in [0.2, 0.25) is 0 Å². The van der Waals surface area contributed by atoms with Crippen LogP contribution in [0.2, 0.25) is 0 Å². The summed E-state index contributed by atoms with van der Waals surface area (Å²) < 4.78 is 1.51. The Morgan fingerprint density at radius 2 is 1.66 bits per heavy atom. The van der Waals surface area contributed by atoms with E-state index >= 15 is 0 Å². The first-order valence-electron chi connectivity index (χ1n) is 11.1. The summed E-state index contributed by atoms with van der Waals surface area (Å²) in [5, 5.41) is 0. The van der Waals surface area contributed by atoms with E-state index in [4.69, 9.17) is 0 Å². The fourth-order valence-electron chi connectivity index (χ4n) is 3.49. The number of unbranched alkanes of at least 4 members (excludes halogenated alkanes) is 1. The number of halogens is 2. The van der Waals surface area contributed by atoms with Crippen molar-refractivity contribution in [2.75, 3.05) is 0 Å². The average Bonchev–Trinajstić information content (AvgIpc) is 3.31. The molecule has 0 saturated carbocycles. The van der Waals surface area contributed by atoms with Gasteiger partial charge in [0.1, 0.15) is 0 Å². The summed E-state index contributed by atoms with van der Waals surface area (Å²) in [4.78, 5) is 0. The van der Waals surface area contributed by atoms with E-state index in [2.05, 4.69) is 102 Å². The first-order chi connectivity index (χ1) is 14.2. The molecule has 0 unspecified atom stereocenters. The van der Waals surface area contributed by atoms with E-state index in [1.54, 1.807) is 24.2 Å². The van der Waals surface area contributed by atoms with Crippen LogP contribution in [0.15, 0.2) is 60.7 Å². The molecule has 0 radical (unpaired) electrons. The molecule has 32 heavy (non-hydrogen) atoms. The number of rotatable bonds is 3. The third kappa shape index (κ3) is 9.95. The van der Waals surface area contributed by atoms with Gasteiger partial charge in [-0.1, -0.05) is 87.8 Å². The van der Waals surface area contributed by atoms with E-state index in [1.165, 1.54) is 55.8 Å². The van der Waals surface area contributed by atoms with Crippen molar-refractivity contribution in [2.45, 2.75) is 72.6 Å². The molecule has 3 aromatic carbocycles. The molecule has 0 aliphatic heterocycles. The molecule has 0 spiro atoms. The largest absolute Gasteiger partial charge is 1.00 e. The third-order valence-corrected chi connectivity index (χ3v) is 5.12. The number of hydrogen-bond acceptors (Lipinski definition) is 0. The monoisotopic (exact) mass is 544 g/mol. The molecule has 4 rings (SSSR count). The van der Waals surface area contributed by atoms with Crippen LogP contribution in [0.4, 0.5) is 0 Å². The van der Waals surface area contributed by atoms with Crippen LogP contribution in [0.1, 0.15) is 76.6 Å². The van der Waals surface area contributed by atoms with Crippen LogP contribution in [0.3, 0.4) is 0 Å². The van der Waals surface area contributed by atoms with Gasteiger partial charge in [0.05, 0.1) is 0 Å². The molecule has 0 nitrogen and oxygen atoms in total. The maximum atomic E-state index is 3.30. The van der Waals surface area contributed by atoms with Crippen molar-refractivity contribution in [3.8, 4) is 11.1 Å². The molecule has 1 aliphatic rings. The van der Waals surface area contributed by atoms with Gasteiger partial charge >= 0.3 is 41.3 Å². The first kappa shape index (κ1) is 31.1. The van der Waals surface area contributed by atoms with Crippen molar-refractivity contribution in [3.63, 3.8) is 0 Å². The summed E-state index contributed by atoms with van der Waals surface area (Å²) >= 11 is 1.55. The molecule has 3 aromatic rings. The molecule has 3 heteroatoms. The van der Waals surface area contributed by atoms with Gasteiger partial charge in [-0.15, -0.1) is 5.56 Å². The molecule has 0 saturated heterocycles. The average molecular weight is 547 g/mol. The Labute approximate surface area is 223 Å². The summed E-state index contributed by atoms with van der Waals surface area (Å²) in [5.74, 6) is 0. The minimum atomic E-state index is 0. The predicted molar refractivity (Wildman–Crippen MR) is 129 cm³/mol. The number of hydrogen-bond donors (Lipinski definition) is 0. The molecular formula is C29H36Cl2Zr-2.